The van der Waals surface area contributed by atoms with Gasteiger partial charge in [-0.1, -0.05) is 38.1 Å². The molecule has 1 fully saturated rings. The SMILES string of the molecule is CC(C)c1ccc(CCNCC2(CO)CC2)cc1. The van der Waals surface area contributed by atoms with E-state index < -0.39 is 0 Å². The first kappa shape index (κ1) is 13.6. The van der Waals surface area contributed by atoms with Crippen LogP contribution >= 0.6 is 0 Å². The monoisotopic (exact) mass is 247 g/mol. The van der Waals surface area contributed by atoms with E-state index in [-0.39, 0.29) is 5.41 Å². The lowest BCUT2D eigenvalue weighted by Crippen LogP contribution is -2.28. The van der Waals surface area contributed by atoms with Crippen LogP contribution in [-0.2, 0) is 6.42 Å². The van der Waals surface area contributed by atoms with E-state index in [1.165, 1.54) is 24.0 Å². The van der Waals surface area contributed by atoms with Gasteiger partial charge >= 0.3 is 0 Å². The number of aliphatic hydroxyl groups is 1. The summed E-state index contributed by atoms with van der Waals surface area (Å²) in [5, 5.41) is 12.7. The Balaban J connectivity index is 1.70. The number of aliphatic hydroxyl groups excluding tert-OH is 1. The molecule has 0 bridgehead atoms. The molecule has 18 heavy (non-hydrogen) atoms. The predicted molar refractivity (Wildman–Crippen MR) is 75.9 cm³/mol. The van der Waals surface area contributed by atoms with Crippen molar-refractivity contribution in [2.45, 2.75) is 39.0 Å². The Hall–Kier alpha value is -0.860. The van der Waals surface area contributed by atoms with Crippen molar-refractivity contribution in [3.05, 3.63) is 35.4 Å². The molecule has 0 aromatic heterocycles. The molecule has 100 valence electrons. The maximum Gasteiger partial charge on any atom is 0.0499 e. The molecule has 0 heterocycles. The Labute approximate surface area is 110 Å². The Bertz CT molecular complexity index is 365. The second-order valence-electron chi connectivity index (χ2n) is 5.98. The quantitative estimate of drug-likeness (QED) is 0.726. The minimum atomic E-state index is 0.224. The van der Waals surface area contributed by atoms with Crippen molar-refractivity contribution >= 4 is 0 Å². The highest BCUT2D eigenvalue weighted by Gasteiger charge is 2.41. The van der Waals surface area contributed by atoms with E-state index in [0.717, 1.165) is 19.5 Å². The van der Waals surface area contributed by atoms with Gasteiger partial charge in [-0.25, -0.2) is 0 Å². The summed E-state index contributed by atoms with van der Waals surface area (Å²) in [5.74, 6) is 0.608. The molecule has 0 saturated heterocycles. The molecule has 2 N–H and O–H groups in total. The van der Waals surface area contributed by atoms with Crippen LogP contribution in [0.3, 0.4) is 0 Å². The second kappa shape index (κ2) is 5.85. The summed E-state index contributed by atoms with van der Waals surface area (Å²) in [7, 11) is 0. The van der Waals surface area contributed by atoms with Gasteiger partial charge in [-0.05, 0) is 42.9 Å². The Kier molecular flexibility index (Phi) is 4.41. The summed E-state index contributed by atoms with van der Waals surface area (Å²) in [5.41, 5.74) is 3.02. The van der Waals surface area contributed by atoms with E-state index in [9.17, 15) is 5.11 Å². The zero-order chi connectivity index (χ0) is 13.0. The third kappa shape index (κ3) is 3.56. The highest BCUT2D eigenvalue weighted by atomic mass is 16.3. The summed E-state index contributed by atoms with van der Waals surface area (Å²) in [6.07, 6.45) is 3.43. The standard InChI is InChI=1S/C16H25NO/c1-13(2)15-5-3-14(4-6-15)7-10-17-11-16(12-18)8-9-16/h3-6,13,17-18H,7-12H2,1-2H3. The molecule has 1 aromatic rings. The summed E-state index contributed by atoms with van der Waals surface area (Å²) < 4.78 is 0. The fraction of sp³-hybridized carbons (Fsp3) is 0.625. The maximum atomic E-state index is 9.22. The molecule has 1 aromatic carbocycles. The molecule has 1 saturated carbocycles. The zero-order valence-corrected chi connectivity index (χ0v) is 11.6. The predicted octanol–water partition coefficient (Wildman–Crippen LogP) is 2.71. The minimum Gasteiger partial charge on any atom is -0.396 e. The molecule has 2 heteroatoms. The molecule has 0 atom stereocenters. The van der Waals surface area contributed by atoms with Crippen molar-refractivity contribution in [1.29, 1.82) is 0 Å². The third-order valence-electron chi connectivity index (χ3n) is 4.03. The Morgan fingerprint density at radius 2 is 1.89 bits per heavy atom. The van der Waals surface area contributed by atoms with Gasteiger partial charge in [-0.2, -0.15) is 0 Å². The van der Waals surface area contributed by atoms with Gasteiger partial charge in [0.05, 0.1) is 0 Å². The van der Waals surface area contributed by atoms with Crippen LogP contribution < -0.4 is 5.32 Å². The van der Waals surface area contributed by atoms with E-state index in [1.807, 2.05) is 0 Å². The maximum absolute atomic E-state index is 9.22. The van der Waals surface area contributed by atoms with Crippen LogP contribution in [0, 0.1) is 5.41 Å². The molecule has 0 unspecified atom stereocenters. The Morgan fingerprint density at radius 3 is 2.39 bits per heavy atom. The average molecular weight is 247 g/mol. The van der Waals surface area contributed by atoms with Crippen LogP contribution in [0.2, 0.25) is 0 Å². The lowest BCUT2D eigenvalue weighted by Gasteiger charge is -2.12. The topological polar surface area (TPSA) is 32.3 Å². The van der Waals surface area contributed by atoms with Gasteiger partial charge in [0.1, 0.15) is 0 Å². The van der Waals surface area contributed by atoms with Gasteiger partial charge in [0, 0.05) is 18.6 Å². The summed E-state index contributed by atoms with van der Waals surface area (Å²) >= 11 is 0. The fourth-order valence-corrected chi connectivity index (χ4v) is 2.22. The highest BCUT2D eigenvalue weighted by molar-refractivity contribution is 5.24. The van der Waals surface area contributed by atoms with E-state index in [0.29, 0.717) is 12.5 Å². The zero-order valence-electron chi connectivity index (χ0n) is 11.6. The van der Waals surface area contributed by atoms with Crippen molar-refractivity contribution < 1.29 is 5.11 Å². The van der Waals surface area contributed by atoms with E-state index in [4.69, 9.17) is 0 Å². The van der Waals surface area contributed by atoms with Gasteiger partial charge in [0.15, 0.2) is 0 Å². The van der Waals surface area contributed by atoms with Crippen LogP contribution in [-0.4, -0.2) is 24.8 Å². The normalized spacial score (nSPS) is 17.1. The minimum absolute atomic E-state index is 0.224. The largest absolute Gasteiger partial charge is 0.396 e. The first-order valence-corrected chi connectivity index (χ1v) is 7.06. The molecule has 1 aliphatic carbocycles. The third-order valence-corrected chi connectivity index (χ3v) is 4.03. The van der Waals surface area contributed by atoms with Crippen LogP contribution in [0.4, 0.5) is 0 Å². The average Bonchev–Trinajstić information content (AvgIpc) is 3.16. The van der Waals surface area contributed by atoms with Crippen molar-refractivity contribution in [3.8, 4) is 0 Å². The highest BCUT2D eigenvalue weighted by Crippen LogP contribution is 2.44. The molecule has 2 rings (SSSR count). The van der Waals surface area contributed by atoms with Crippen molar-refractivity contribution in [2.75, 3.05) is 19.7 Å². The lowest BCUT2D eigenvalue weighted by atomic mass is 10.0. The number of hydrogen-bond donors (Lipinski definition) is 2. The number of hydrogen-bond acceptors (Lipinski definition) is 2. The summed E-state index contributed by atoms with van der Waals surface area (Å²) in [6.45, 7) is 6.75. The van der Waals surface area contributed by atoms with E-state index in [2.05, 4.69) is 43.4 Å². The van der Waals surface area contributed by atoms with E-state index >= 15 is 0 Å². The number of nitrogens with one attached hydrogen (secondary N) is 1. The second-order valence-corrected chi connectivity index (χ2v) is 5.98. The van der Waals surface area contributed by atoms with Gasteiger partial charge in [-0.15, -0.1) is 0 Å². The van der Waals surface area contributed by atoms with Gasteiger partial charge in [-0.3, -0.25) is 0 Å². The molecule has 0 spiro atoms. The van der Waals surface area contributed by atoms with E-state index in [1.54, 1.807) is 0 Å². The number of benzene rings is 1. The number of rotatable bonds is 7. The molecule has 0 radical (unpaired) electrons. The fourth-order valence-electron chi connectivity index (χ4n) is 2.22. The molecular formula is C16H25NO. The molecule has 0 amide bonds. The van der Waals surface area contributed by atoms with Crippen LogP contribution in [0.5, 0.6) is 0 Å². The van der Waals surface area contributed by atoms with Crippen molar-refractivity contribution in [1.82, 2.24) is 5.32 Å². The molecule has 2 nitrogen and oxygen atoms in total. The van der Waals surface area contributed by atoms with Gasteiger partial charge in [0.25, 0.3) is 0 Å². The smallest absolute Gasteiger partial charge is 0.0499 e. The summed E-state index contributed by atoms with van der Waals surface area (Å²) in [6, 6.07) is 8.93. The molecule has 1 aliphatic rings. The van der Waals surface area contributed by atoms with Gasteiger partial charge in [0.2, 0.25) is 0 Å². The van der Waals surface area contributed by atoms with Gasteiger partial charge < -0.3 is 10.4 Å². The van der Waals surface area contributed by atoms with Crippen molar-refractivity contribution in [3.63, 3.8) is 0 Å². The molecular weight excluding hydrogens is 222 g/mol. The van der Waals surface area contributed by atoms with Crippen LogP contribution in [0.25, 0.3) is 0 Å². The van der Waals surface area contributed by atoms with Crippen LogP contribution in [0.15, 0.2) is 24.3 Å². The summed E-state index contributed by atoms with van der Waals surface area (Å²) in [4.78, 5) is 0. The lowest BCUT2D eigenvalue weighted by molar-refractivity contribution is 0.208. The molecule has 0 aliphatic heterocycles. The first-order valence-electron chi connectivity index (χ1n) is 7.06. The first-order chi connectivity index (χ1) is 8.65. The van der Waals surface area contributed by atoms with Crippen LogP contribution in [0.1, 0.15) is 43.7 Å². The van der Waals surface area contributed by atoms with Crippen molar-refractivity contribution in [2.24, 2.45) is 5.41 Å². The Morgan fingerprint density at radius 1 is 1.22 bits per heavy atom.